The third-order valence-electron chi connectivity index (χ3n) is 1.77. The molecule has 0 aliphatic heterocycles. The molecule has 0 bridgehead atoms. The molecule has 1 atom stereocenters. The van der Waals surface area contributed by atoms with Crippen molar-refractivity contribution in [3.05, 3.63) is 0 Å². The number of ketones is 1. The summed E-state index contributed by atoms with van der Waals surface area (Å²) < 4.78 is 0. The van der Waals surface area contributed by atoms with Crippen LogP contribution >= 0.6 is 11.8 Å². The Hall–Kier alpha value is -0.310. The number of carbonyl (C=O) groups is 2. The van der Waals surface area contributed by atoms with Crippen LogP contribution in [0.2, 0.25) is 0 Å². The third kappa shape index (κ3) is 6.82. The molecule has 1 unspecified atom stereocenters. The number of carbonyl (C=O) groups excluding carboxylic acids is 2. The lowest BCUT2D eigenvalue weighted by Gasteiger charge is -2.12. The highest BCUT2D eigenvalue weighted by molar-refractivity contribution is 8.14. The van der Waals surface area contributed by atoms with Gasteiger partial charge in [0.2, 0.25) is 0 Å². The molecule has 0 N–H and O–H groups in total. The van der Waals surface area contributed by atoms with Gasteiger partial charge in [-0.3, -0.25) is 9.59 Å². The summed E-state index contributed by atoms with van der Waals surface area (Å²) in [7, 11) is 0. The van der Waals surface area contributed by atoms with E-state index in [1.807, 2.05) is 0 Å². The number of Topliss-reactive ketones (excluding diaryl/α,β-unsaturated/α-hetero) is 1. The zero-order valence-corrected chi connectivity index (χ0v) is 9.61. The van der Waals surface area contributed by atoms with Gasteiger partial charge in [-0.05, 0) is 25.7 Å². The van der Waals surface area contributed by atoms with E-state index >= 15 is 0 Å². The summed E-state index contributed by atoms with van der Waals surface area (Å²) in [4.78, 5) is 21.9. The Balaban J connectivity index is 3.95. The third-order valence-corrected chi connectivity index (χ3v) is 2.95. The predicted molar refractivity (Wildman–Crippen MR) is 56.8 cm³/mol. The van der Waals surface area contributed by atoms with Crippen LogP contribution < -0.4 is 0 Å². The molecule has 0 aromatic heterocycles. The van der Waals surface area contributed by atoms with E-state index in [-0.39, 0.29) is 16.1 Å². The molecule has 0 radical (unpaired) electrons. The van der Waals surface area contributed by atoms with Gasteiger partial charge in [0.05, 0.1) is 5.25 Å². The van der Waals surface area contributed by atoms with Crippen molar-refractivity contribution >= 4 is 22.7 Å². The van der Waals surface area contributed by atoms with Crippen molar-refractivity contribution in [1.29, 1.82) is 0 Å². The molecule has 0 spiro atoms. The van der Waals surface area contributed by atoms with Crippen LogP contribution in [0, 0.1) is 5.92 Å². The summed E-state index contributed by atoms with van der Waals surface area (Å²) in [5.41, 5.74) is 0. The second-order valence-corrected chi connectivity index (χ2v) is 5.06. The van der Waals surface area contributed by atoms with Crippen LogP contribution in [0.3, 0.4) is 0 Å². The summed E-state index contributed by atoms with van der Waals surface area (Å²) in [5, 5.41) is -0.0937. The van der Waals surface area contributed by atoms with Gasteiger partial charge in [0.25, 0.3) is 0 Å². The van der Waals surface area contributed by atoms with Gasteiger partial charge in [-0.1, -0.05) is 25.6 Å². The van der Waals surface area contributed by atoms with E-state index in [1.54, 1.807) is 6.92 Å². The maximum absolute atomic E-state index is 11.1. The van der Waals surface area contributed by atoms with Gasteiger partial charge in [-0.2, -0.15) is 0 Å². The molecule has 0 aromatic carbocycles. The summed E-state index contributed by atoms with van der Waals surface area (Å²) in [6.07, 6.45) is 1.82. The molecule has 0 aliphatic rings. The van der Waals surface area contributed by atoms with Gasteiger partial charge >= 0.3 is 0 Å². The van der Waals surface area contributed by atoms with Crippen LogP contribution in [0.1, 0.15) is 40.5 Å². The standard InChI is InChI=1S/C10H18O2S/c1-7(2)5-6-10(8(3)11)13-9(4)12/h7,10H,5-6H2,1-4H3. The average molecular weight is 202 g/mol. The molecular weight excluding hydrogens is 184 g/mol. The smallest absolute Gasteiger partial charge is 0.186 e. The Bertz CT molecular complexity index is 187. The molecule has 13 heavy (non-hydrogen) atoms. The lowest BCUT2D eigenvalue weighted by molar-refractivity contribution is -0.117. The Labute approximate surface area is 84.5 Å². The van der Waals surface area contributed by atoms with E-state index in [9.17, 15) is 9.59 Å². The summed E-state index contributed by atoms with van der Waals surface area (Å²) in [6.45, 7) is 7.31. The van der Waals surface area contributed by atoms with Crippen LogP contribution in [0.15, 0.2) is 0 Å². The van der Waals surface area contributed by atoms with Gasteiger partial charge in [0.15, 0.2) is 5.12 Å². The molecule has 0 saturated carbocycles. The second kappa shape index (κ2) is 6.19. The minimum absolute atomic E-state index is 0.0314. The quantitative estimate of drug-likeness (QED) is 0.687. The predicted octanol–water partition coefficient (Wildman–Crippen LogP) is 2.66. The molecule has 0 amide bonds. The second-order valence-electron chi connectivity index (χ2n) is 3.68. The Morgan fingerprint density at radius 2 is 1.69 bits per heavy atom. The molecule has 0 fully saturated rings. The Morgan fingerprint density at radius 1 is 1.15 bits per heavy atom. The van der Waals surface area contributed by atoms with E-state index in [4.69, 9.17) is 0 Å². The van der Waals surface area contributed by atoms with Crippen LogP contribution in [-0.2, 0) is 9.59 Å². The summed E-state index contributed by atoms with van der Waals surface area (Å²) in [6, 6.07) is 0. The molecule has 0 aromatic rings. The molecule has 3 heteroatoms. The number of hydrogen-bond donors (Lipinski definition) is 0. The van der Waals surface area contributed by atoms with Crippen LogP contribution in [-0.4, -0.2) is 16.1 Å². The molecule has 2 nitrogen and oxygen atoms in total. The molecule has 76 valence electrons. The van der Waals surface area contributed by atoms with Crippen molar-refractivity contribution in [1.82, 2.24) is 0 Å². The molecular formula is C10H18O2S. The average Bonchev–Trinajstić information content (AvgIpc) is 1.96. The van der Waals surface area contributed by atoms with E-state index in [2.05, 4.69) is 13.8 Å². The van der Waals surface area contributed by atoms with E-state index < -0.39 is 0 Å². The Morgan fingerprint density at radius 3 is 2.00 bits per heavy atom. The first-order valence-corrected chi connectivity index (χ1v) is 5.49. The topological polar surface area (TPSA) is 34.1 Å². The fraction of sp³-hybridized carbons (Fsp3) is 0.800. The van der Waals surface area contributed by atoms with Crippen molar-refractivity contribution in [3.63, 3.8) is 0 Å². The highest BCUT2D eigenvalue weighted by Gasteiger charge is 2.17. The monoisotopic (exact) mass is 202 g/mol. The van der Waals surface area contributed by atoms with Crippen molar-refractivity contribution in [2.24, 2.45) is 5.92 Å². The zero-order valence-electron chi connectivity index (χ0n) is 8.79. The summed E-state index contributed by atoms with van der Waals surface area (Å²) >= 11 is 1.16. The van der Waals surface area contributed by atoms with Crippen molar-refractivity contribution in [2.75, 3.05) is 0 Å². The zero-order chi connectivity index (χ0) is 10.4. The van der Waals surface area contributed by atoms with Gasteiger partial charge in [-0.25, -0.2) is 0 Å². The first-order valence-electron chi connectivity index (χ1n) is 4.61. The SMILES string of the molecule is CC(=O)SC(CCC(C)C)C(C)=O. The normalized spacial score (nSPS) is 13.0. The lowest BCUT2D eigenvalue weighted by atomic mass is 10.1. The van der Waals surface area contributed by atoms with Crippen LogP contribution in [0.4, 0.5) is 0 Å². The van der Waals surface area contributed by atoms with Gasteiger partial charge < -0.3 is 0 Å². The minimum atomic E-state index is -0.125. The fourth-order valence-electron chi connectivity index (χ4n) is 1.03. The van der Waals surface area contributed by atoms with E-state index in [0.29, 0.717) is 5.92 Å². The first kappa shape index (κ1) is 12.7. The van der Waals surface area contributed by atoms with Gasteiger partial charge in [0, 0.05) is 6.92 Å². The lowest BCUT2D eigenvalue weighted by Crippen LogP contribution is -2.16. The Kier molecular flexibility index (Phi) is 6.04. The van der Waals surface area contributed by atoms with E-state index in [1.165, 1.54) is 6.92 Å². The maximum atomic E-state index is 11.1. The van der Waals surface area contributed by atoms with Gasteiger partial charge in [-0.15, -0.1) is 0 Å². The number of rotatable bonds is 5. The van der Waals surface area contributed by atoms with Crippen molar-refractivity contribution in [2.45, 2.75) is 45.8 Å². The van der Waals surface area contributed by atoms with E-state index in [0.717, 1.165) is 24.6 Å². The van der Waals surface area contributed by atoms with Crippen molar-refractivity contribution < 1.29 is 9.59 Å². The number of hydrogen-bond acceptors (Lipinski definition) is 3. The van der Waals surface area contributed by atoms with Crippen LogP contribution in [0.25, 0.3) is 0 Å². The molecule has 0 saturated heterocycles. The highest BCUT2D eigenvalue weighted by Crippen LogP contribution is 2.20. The highest BCUT2D eigenvalue weighted by atomic mass is 32.2. The maximum Gasteiger partial charge on any atom is 0.186 e. The summed E-state index contributed by atoms with van der Waals surface area (Å²) in [5.74, 6) is 0.704. The van der Waals surface area contributed by atoms with Crippen LogP contribution in [0.5, 0.6) is 0 Å². The van der Waals surface area contributed by atoms with Crippen molar-refractivity contribution in [3.8, 4) is 0 Å². The molecule has 0 heterocycles. The largest absolute Gasteiger partial charge is 0.299 e. The fourth-order valence-corrected chi connectivity index (χ4v) is 1.85. The molecule has 0 rings (SSSR count). The molecule has 0 aliphatic carbocycles. The first-order chi connectivity index (χ1) is 5.93. The van der Waals surface area contributed by atoms with Gasteiger partial charge in [0.1, 0.15) is 5.78 Å². The number of thioether (sulfide) groups is 1. The minimum Gasteiger partial charge on any atom is -0.299 e.